The Morgan fingerprint density at radius 2 is 1.80 bits per heavy atom. The fraction of sp³-hybridized carbons (Fsp3) is 0.286. The average Bonchev–Trinajstić information content (AvgIpc) is 2.42. The maximum Gasteiger partial charge on any atom is 0.307 e. The van der Waals surface area contributed by atoms with E-state index in [1.807, 2.05) is 0 Å². The number of carboxylic acid groups (broad SMARTS) is 1. The SMILES string of the molecule is O=C(O)[C@@H]1CC=CC[C@H]1C(=O)Nc1cc(F)ccc1F. The van der Waals surface area contributed by atoms with E-state index in [4.69, 9.17) is 5.11 Å². The molecule has 0 spiro atoms. The molecule has 0 saturated carbocycles. The summed E-state index contributed by atoms with van der Waals surface area (Å²) in [5, 5.41) is 11.3. The highest BCUT2D eigenvalue weighted by molar-refractivity contribution is 5.95. The standard InChI is InChI=1S/C14H13F2NO3/c15-8-5-6-11(16)12(7-8)17-13(18)9-3-1-2-4-10(9)14(19)20/h1-2,5-7,9-10H,3-4H2,(H,17,18)(H,19,20)/t9-,10-/m1/s1. The zero-order valence-corrected chi connectivity index (χ0v) is 10.5. The first-order valence-electron chi connectivity index (χ1n) is 6.12. The predicted octanol–water partition coefficient (Wildman–Crippen LogP) is 2.57. The number of allylic oxidation sites excluding steroid dienone is 2. The Morgan fingerprint density at radius 1 is 1.15 bits per heavy atom. The molecule has 0 bridgehead atoms. The van der Waals surface area contributed by atoms with Crippen molar-refractivity contribution in [3.63, 3.8) is 0 Å². The molecule has 0 fully saturated rings. The van der Waals surface area contributed by atoms with Gasteiger partial charge < -0.3 is 10.4 Å². The number of nitrogens with one attached hydrogen (secondary N) is 1. The Hall–Kier alpha value is -2.24. The molecule has 1 aliphatic carbocycles. The van der Waals surface area contributed by atoms with Crippen LogP contribution in [0.1, 0.15) is 12.8 Å². The van der Waals surface area contributed by atoms with E-state index in [1.54, 1.807) is 12.2 Å². The molecule has 0 radical (unpaired) electrons. The fourth-order valence-electron chi connectivity index (χ4n) is 2.20. The lowest BCUT2D eigenvalue weighted by Gasteiger charge is -2.24. The molecule has 0 aliphatic heterocycles. The summed E-state index contributed by atoms with van der Waals surface area (Å²) in [5.41, 5.74) is -0.284. The zero-order valence-electron chi connectivity index (χ0n) is 10.5. The highest BCUT2D eigenvalue weighted by Gasteiger charge is 2.34. The van der Waals surface area contributed by atoms with Crippen LogP contribution in [0.3, 0.4) is 0 Å². The number of rotatable bonds is 3. The third-order valence-electron chi connectivity index (χ3n) is 3.27. The average molecular weight is 281 g/mol. The first-order chi connectivity index (χ1) is 9.49. The second-order valence-corrected chi connectivity index (χ2v) is 4.61. The van der Waals surface area contributed by atoms with Crippen molar-refractivity contribution in [2.24, 2.45) is 11.8 Å². The van der Waals surface area contributed by atoms with Crippen LogP contribution in [0.25, 0.3) is 0 Å². The third kappa shape index (κ3) is 3.01. The largest absolute Gasteiger partial charge is 0.481 e. The van der Waals surface area contributed by atoms with Crippen LogP contribution in [0.5, 0.6) is 0 Å². The first kappa shape index (κ1) is 14.2. The van der Waals surface area contributed by atoms with Crippen molar-refractivity contribution >= 4 is 17.6 Å². The van der Waals surface area contributed by atoms with Crippen molar-refractivity contribution in [1.29, 1.82) is 0 Å². The van der Waals surface area contributed by atoms with E-state index < -0.39 is 35.3 Å². The van der Waals surface area contributed by atoms with Crippen LogP contribution in [0, 0.1) is 23.5 Å². The highest BCUT2D eigenvalue weighted by Crippen LogP contribution is 2.27. The number of carbonyl (C=O) groups excluding carboxylic acids is 1. The van der Waals surface area contributed by atoms with Crippen LogP contribution >= 0.6 is 0 Å². The smallest absolute Gasteiger partial charge is 0.307 e. The lowest BCUT2D eigenvalue weighted by molar-refractivity contribution is -0.146. The van der Waals surface area contributed by atoms with Gasteiger partial charge in [0.2, 0.25) is 5.91 Å². The Balaban J connectivity index is 2.16. The Morgan fingerprint density at radius 3 is 2.45 bits per heavy atom. The number of aliphatic carboxylic acids is 1. The lowest BCUT2D eigenvalue weighted by Crippen LogP contribution is -2.34. The second kappa shape index (κ2) is 5.81. The predicted molar refractivity (Wildman–Crippen MR) is 68.0 cm³/mol. The van der Waals surface area contributed by atoms with E-state index in [1.165, 1.54) is 0 Å². The van der Waals surface area contributed by atoms with Gasteiger partial charge in [-0.2, -0.15) is 0 Å². The van der Waals surface area contributed by atoms with Crippen molar-refractivity contribution in [1.82, 2.24) is 0 Å². The van der Waals surface area contributed by atoms with E-state index >= 15 is 0 Å². The lowest BCUT2D eigenvalue weighted by atomic mass is 9.82. The quantitative estimate of drug-likeness (QED) is 0.837. The molecule has 0 heterocycles. The van der Waals surface area contributed by atoms with Gasteiger partial charge in [0.1, 0.15) is 11.6 Å². The molecule has 1 aromatic rings. The summed E-state index contributed by atoms with van der Waals surface area (Å²) < 4.78 is 26.5. The molecule has 1 aliphatic rings. The number of carboxylic acids is 1. The Labute approximate surface area is 114 Å². The van der Waals surface area contributed by atoms with Gasteiger partial charge in [-0.05, 0) is 25.0 Å². The number of halogens is 2. The van der Waals surface area contributed by atoms with Gasteiger partial charge in [0.05, 0.1) is 17.5 Å². The van der Waals surface area contributed by atoms with E-state index in [0.29, 0.717) is 0 Å². The molecule has 2 rings (SSSR count). The monoisotopic (exact) mass is 281 g/mol. The molecule has 0 aromatic heterocycles. The molecular weight excluding hydrogens is 268 g/mol. The van der Waals surface area contributed by atoms with Crippen molar-refractivity contribution in [2.75, 3.05) is 5.32 Å². The maximum atomic E-state index is 13.4. The van der Waals surface area contributed by atoms with Gasteiger partial charge in [-0.25, -0.2) is 8.78 Å². The van der Waals surface area contributed by atoms with Crippen LogP contribution in [0.4, 0.5) is 14.5 Å². The van der Waals surface area contributed by atoms with Crippen LogP contribution in [0.2, 0.25) is 0 Å². The summed E-state index contributed by atoms with van der Waals surface area (Å²) in [6.07, 6.45) is 3.93. The molecule has 1 aromatic carbocycles. The van der Waals surface area contributed by atoms with Gasteiger partial charge >= 0.3 is 5.97 Å². The molecule has 20 heavy (non-hydrogen) atoms. The molecule has 0 unspecified atom stereocenters. The van der Waals surface area contributed by atoms with Crippen molar-refractivity contribution in [3.05, 3.63) is 42.0 Å². The van der Waals surface area contributed by atoms with Gasteiger partial charge in [-0.3, -0.25) is 9.59 Å². The molecule has 1 amide bonds. The fourth-order valence-corrected chi connectivity index (χ4v) is 2.20. The van der Waals surface area contributed by atoms with E-state index in [9.17, 15) is 18.4 Å². The minimum atomic E-state index is -1.07. The molecule has 106 valence electrons. The van der Waals surface area contributed by atoms with Gasteiger partial charge in [0.15, 0.2) is 0 Å². The number of hydrogen-bond acceptors (Lipinski definition) is 2. The van der Waals surface area contributed by atoms with Crippen LogP contribution in [-0.4, -0.2) is 17.0 Å². The number of hydrogen-bond donors (Lipinski definition) is 2. The normalized spacial score (nSPS) is 21.5. The van der Waals surface area contributed by atoms with Gasteiger partial charge in [0, 0.05) is 6.07 Å². The molecule has 4 nitrogen and oxygen atoms in total. The third-order valence-corrected chi connectivity index (χ3v) is 3.27. The number of amides is 1. The summed E-state index contributed by atoms with van der Waals surface area (Å²) in [7, 11) is 0. The molecule has 2 N–H and O–H groups in total. The van der Waals surface area contributed by atoms with Gasteiger partial charge in [-0.15, -0.1) is 0 Å². The Bertz CT molecular complexity index is 572. The minimum absolute atomic E-state index is 0.249. The van der Waals surface area contributed by atoms with Crippen LogP contribution in [0.15, 0.2) is 30.4 Å². The summed E-state index contributed by atoms with van der Waals surface area (Å²) >= 11 is 0. The summed E-state index contributed by atoms with van der Waals surface area (Å²) in [6, 6.07) is 2.70. The van der Waals surface area contributed by atoms with E-state index in [2.05, 4.69) is 5.32 Å². The van der Waals surface area contributed by atoms with E-state index in [-0.39, 0.29) is 18.5 Å². The number of anilines is 1. The topological polar surface area (TPSA) is 66.4 Å². The summed E-state index contributed by atoms with van der Waals surface area (Å²) in [6.45, 7) is 0. The van der Waals surface area contributed by atoms with E-state index in [0.717, 1.165) is 18.2 Å². The molecular formula is C14H13F2NO3. The maximum absolute atomic E-state index is 13.4. The highest BCUT2D eigenvalue weighted by atomic mass is 19.1. The van der Waals surface area contributed by atoms with Crippen molar-refractivity contribution in [3.8, 4) is 0 Å². The van der Waals surface area contributed by atoms with Crippen LogP contribution < -0.4 is 5.32 Å². The molecule has 6 heteroatoms. The second-order valence-electron chi connectivity index (χ2n) is 4.61. The number of carbonyl (C=O) groups is 2. The summed E-state index contributed by atoms with van der Waals surface area (Å²) in [4.78, 5) is 23.1. The van der Waals surface area contributed by atoms with Crippen molar-refractivity contribution < 1.29 is 23.5 Å². The molecule has 0 saturated heterocycles. The number of benzene rings is 1. The van der Waals surface area contributed by atoms with Gasteiger partial charge in [0.25, 0.3) is 0 Å². The minimum Gasteiger partial charge on any atom is -0.481 e. The van der Waals surface area contributed by atoms with Crippen molar-refractivity contribution in [2.45, 2.75) is 12.8 Å². The summed E-state index contributed by atoms with van der Waals surface area (Å²) in [5.74, 6) is -4.78. The first-order valence-corrected chi connectivity index (χ1v) is 6.12. The Kier molecular flexibility index (Phi) is 4.12. The zero-order chi connectivity index (χ0) is 14.7. The van der Waals surface area contributed by atoms with Crippen LogP contribution in [-0.2, 0) is 9.59 Å². The van der Waals surface area contributed by atoms with Gasteiger partial charge in [-0.1, -0.05) is 12.2 Å². The molecule has 2 atom stereocenters.